The third-order valence-corrected chi connectivity index (χ3v) is 6.93. The number of fused-ring (bicyclic) bond motifs is 1. The quantitative estimate of drug-likeness (QED) is 0.748. The Morgan fingerprint density at radius 3 is 2.44 bits per heavy atom. The zero-order chi connectivity index (χ0) is 22.9. The maximum Gasteiger partial charge on any atom is 0.234 e. The van der Waals surface area contributed by atoms with Gasteiger partial charge < -0.3 is 14.6 Å². The molecular formula is C25H39N5O2. The van der Waals surface area contributed by atoms with E-state index in [0.717, 1.165) is 37.0 Å². The van der Waals surface area contributed by atoms with Crippen molar-refractivity contribution in [3.63, 3.8) is 0 Å². The van der Waals surface area contributed by atoms with Gasteiger partial charge in [-0.25, -0.2) is 9.97 Å². The lowest BCUT2D eigenvalue weighted by Gasteiger charge is -2.32. The van der Waals surface area contributed by atoms with Gasteiger partial charge in [0, 0.05) is 30.4 Å². The molecule has 2 fully saturated rings. The molecule has 2 aromatic heterocycles. The summed E-state index contributed by atoms with van der Waals surface area (Å²) in [6, 6.07) is 0.533. The summed E-state index contributed by atoms with van der Waals surface area (Å²) in [6.07, 6.45) is 9.96. The highest BCUT2D eigenvalue weighted by Crippen LogP contribution is 2.37. The van der Waals surface area contributed by atoms with Gasteiger partial charge in [-0.15, -0.1) is 0 Å². The molecule has 2 aromatic rings. The van der Waals surface area contributed by atoms with Crippen LogP contribution in [0.3, 0.4) is 0 Å². The Balaban J connectivity index is 1.44. The van der Waals surface area contributed by atoms with Crippen LogP contribution in [0, 0.1) is 13.8 Å². The number of nitrogens with zero attached hydrogens (tertiary/aromatic N) is 4. The topological polar surface area (TPSA) is 72.3 Å². The van der Waals surface area contributed by atoms with Crippen molar-refractivity contribution in [1.82, 2.24) is 24.8 Å². The van der Waals surface area contributed by atoms with Crippen LogP contribution in [0.2, 0.25) is 0 Å². The number of aryl methyl sites for hydroxylation is 1. The number of carbonyl (C=O) groups excluding carboxylic acids is 1. The molecule has 3 heterocycles. The van der Waals surface area contributed by atoms with E-state index in [-0.39, 0.29) is 17.6 Å². The predicted octanol–water partition coefficient (Wildman–Crippen LogP) is 4.31. The summed E-state index contributed by atoms with van der Waals surface area (Å²) in [5, 5.41) is 4.12. The Bertz CT molecular complexity index is 947. The van der Waals surface area contributed by atoms with Crippen molar-refractivity contribution in [2.45, 2.75) is 97.2 Å². The largest absolute Gasteiger partial charge is 0.474 e. The average Bonchev–Trinajstić information content (AvgIpc) is 3.00. The lowest BCUT2D eigenvalue weighted by molar-refractivity contribution is -0.124. The first-order valence-electron chi connectivity index (χ1n) is 12.2. The molecule has 0 radical (unpaired) electrons. The van der Waals surface area contributed by atoms with Gasteiger partial charge >= 0.3 is 0 Å². The summed E-state index contributed by atoms with van der Waals surface area (Å²) in [4.78, 5) is 23.7. The fourth-order valence-corrected chi connectivity index (χ4v) is 5.27. The van der Waals surface area contributed by atoms with Gasteiger partial charge in [0.15, 0.2) is 0 Å². The summed E-state index contributed by atoms with van der Waals surface area (Å²) in [5.74, 6) is 0.804. The molecule has 1 aliphatic heterocycles. The third kappa shape index (κ3) is 5.08. The number of ether oxygens (including phenoxy) is 1. The van der Waals surface area contributed by atoms with Gasteiger partial charge in [0.1, 0.15) is 18.1 Å². The Hall–Kier alpha value is -2.15. The van der Waals surface area contributed by atoms with Crippen LogP contribution in [-0.2, 0) is 4.79 Å². The minimum Gasteiger partial charge on any atom is -0.474 e. The molecular weight excluding hydrogens is 402 g/mol. The van der Waals surface area contributed by atoms with E-state index in [9.17, 15) is 4.79 Å². The van der Waals surface area contributed by atoms with Gasteiger partial charge in [0.2, 0.25) is 11.8 Å². The molecule has 4 rings (SSSR count). The molecule has 7 nitrogen and oxygen atoms in total. The molecule has 0 spiro atoms. The number of rotatable bonds is 5. The number of nitrogens with one attached hydrogen (secondary N) is 1. The van der Waals surface area contributed by atoms with Crippen LogP contribution >= 0.6 is 0 Å². The maximum atomic E-state index is 12.2. The molecule has 2 aliphatic rings. The fourth-order valence-electron chi connectivity index (χ4n) is 5.27. The van der Waals surface area contributed by atoms with Crippen molar-refractivity contribution in [1.29, 1.82) is 0 Å². The van der Waals surface area contributed by atoms with E-state index in [1.165, 1.54) is 43.4 Å². The molecule has 1 amide bonds. The maximum absolute atomic E-state index is 12.2. The highest BCUT2D eigenvalue weighted by Gasteiger charge is 2.27. The van der Waals surface area contributed by atoms with Crippen molar-refractivity contribution in [2.75, 3.05) is 19.6 Å². The molecule has 1 saturated heterocycles. The van der Waals surface area contributed by atoms with Crippen LogP contribution in [0.5, 0.6) is 5.88 Å². The van der Waals surface area contributed by atoms with E-state index in [1.54, 1.807) is 6.33 Å². The van der Waals surface area contributed by atoms with Crippen LogP contribution in [-0.4, -0.2) is 56.6 Å². The van der Waals surface area contributed by atoms with Crippen LogP contribution in [0.4, 0.5) is 0 Å². The zero-order valence-electron chi connectivity index (χ0n) is 20.4. The van der Waals surface area contributed by atoms with Crippen molar-refractivity contribution >= 4 is 16.9 Å². The van der Waals surface area contributed by atoms with E-state index in [0.29, 0.717) is 18.5 Å². The monoisotopic (exact) mass is 441 g/mol. The summed E-state index contributed by atoms with van der Waals surface area (Å²) in [7, 11) is 0. The van der Waals surface area contributed by atoms with Gasteiger partial charge in [-0.2, -0.15) is 0 Å². The Labute approximate surface area is 191 Å². The Morgan fingerprint density at radius 1 is 1.09 bits per heavy atom. The van der Waals surface area contributed by atoms with E-state index in [1.807, 2.05) is 20.8 Å². The second-order valence-electron chi connectivity index (χ2n) is 10.6. The lowest BCUT2D eigenvalue weighted by atomic mass is 9.95. The molecule has 176 valence electrons. The van der Waals surface area contributed by atoms with Crippen molar-refractivity contribution in [3.05, 3.63) is 17.6 Å². The minimum absolute atomic E-state index is 0.0875. The molecule has 1 saturated carbocycles. The second-order valence-corrected chi connectivity index (χ2v) is 10.6. The number of hydrogen-bond donors (Lipinski definition) is 1. The highest BCUT2D eigenvalue weighted by molar-refractivity contribution is 5.86. The number of aromatic nitrogens is 3. The van der Waals surface area contributed by atoms with Gasteiger partial charge in [-0.1, -0.05) is 19.3 Å². The molecule has 1 aliphatic carbocycles. The summed E-state index contributed by atoms with van der Waals surface area (Å²) in [5.41, 5.74) is 3.35. The van der Waals surface area contributed by atoms with Crippen molar-refractivity contribution < 1.29 is 9.53 Å². The van der Waals surface area contributed by atoms with E-state index in [4.69, 9.17) is 4.74 Å². The van der Waals surface area contributed by atoms with Crippen LogP contribution in [0.15, 0.2) is 6.33 Å². The molecule has 0 bridgehead atoms. The lowest BCUT2D eigenvalue weighted by Crippen LogP contribution is -2.48. The molecule has 0 atom stereocenters. The van der Waals surface area contributed by atoms with E-state index >= 15 is 0 Å². The van der Waals surface area contributed by atoms with Crippen LogP contribution < -0.4 is 10.1 Å². The molecule has 7 heteroatoms. The van der Waals surface area contributed by atoms with Crippen molar-refractivity contribution in [3.8, 4) is 5.88 Å². The molecule has 1 N–H and O–H groups in total. The number of amides is 1. The van der Waals surface area contributed by atoms with Gasteiger partial charge in [0.25, 0.3) is 0 Å². The minimum atomic E-state index is -0.194. The standard InChI is InChI=1S/C25H39N5O2/c1-17-18(2)30(19-9-7-6-8-10-19)23-22(17)24(27-16-26-23)32-20-11-13-29(14-12-20)15-21(31)28-25(3,4)5/h16,19-20H,6-15H2,1-5H3,(H,28,31). The van der Waals surface area contributed by atoms with Crippen LogP contribution in [0.1, 0.15) is 83.0 Å². The zero-order valence-corrected chi connectivity index (χ0v) is 20.4. The van der Waals surface area contributed by atoms with Gasteiger partial charge in [-0.3, -0.25) is 9.69 Å². The number of carbonyl (C=O) groups is 1. The number of likely N-dealkylation sites (tertiary alicyclic amines) is 1. The average molecular weight is 442 g/mol. The van der Waals surface area contributed by atoms with Gasteiger partial charge in [-0.05, 0) is 65.9 Å². The summed E-state index contributed by atoms with van der Waals surface area (Å²) in [6.45, 7) is 12.6. The van der Waals surface area contributed by atoms with Gasteiger partial charge in [0.05, 0.1) is 11.9 Å². The first kappa shape index (κ1) is 23.0. The molecule has 32 heavy (non-hydrogen) atoms. The summed E-state index contributed by atoms with van der Waals surface area (Å²) >= 11 is 0. The first-order chi connectivity index (χ1) is 15.2. The Kier molecular flexibility index (Phi) is 6.75. The third-order valence-electron chi connectivity index (χ3n) is 6.93. The first-order valence-corrected chi connectivity index (χ1v) is 12.2. The van der Waals surface area contributed by atoms with E-state index < -0.39 is 0 Å². The SMILES string of the molecule is Cc1c(C)n(C2CCCCC2)c2ncnc(OC3CCN(CC(=O)NC(C)(C)C)CC3)c12. The Morgan fingerprint density at radius 2 is 1.78 bits per heavy atom. The van der Waals surface area contributed by atoms with Crippen molar-refractivity contribution in [2.24, 2.45) is 0 Å². The summed E-state index contributed by atoms with van der Waals surface area (Å²) < 4.78 is 8.89. The number of piperidine rings is 1. The fraction of sp³-hybridized carbons (Fsp3) is 0.720. The predicted molar refractivity (Wildman–Crippen MR) is 127 cm³/mol. The smallest absolute Gasteiger partial charge is 0.234 e. The number of hydrogen-bond acceptors (Lipinski definition) is 5. The van der Waals surface area contributed by atoms with E-state index in [2.05, 4.69) is 38.6 Å². The normalized spacial score (nSPS) is 19.4. The second kappa shape index (κ2) is 9.38. The molecule has 0 aromatic carbocycles. The molecule has 0 unspecified atom stereocenters. The highest BCUT2D eigenvalue weighted by atomic mass is 16.5. The van der Waals surface area contributed by atoms with Crippen LogP contribution in [0.25, 0.3) is 11.0 Å².